The Hall–Kier alpha value is -0.0231. The molecule has 11 heavy (non-hydrogen) atoms. The lowest BCUT2D eigenvalue weighted by Gasteiger charge is -2.17. The van der Waals surface area contributed by atoms with Crippen LogP contribution in [0.25, 0.3) is 0 Å². The minimum absolute atomic E-state index is 0.204. The van der Waals surface area contributed by atoms with Gasteiger partial charge >= 0.3 is 0 Å². The predicted molar refractivity (Wildman–Crippen MR) is 51.4 cm³/mol. The molecule has 0 aliphatic carbocycles. The summed E-state index contributed by atoms with van der Waals surface area (Å²) in [6.45, 7) is 4.45. The Bertz CT molecular complexity index is 138. The van der Waals surface area contributed by atoms with Crippen LogP contribution in [0.15, 0.2) is 0 Å². The molecule has 0 heterocycles. The predicted octanol–water partition coefficient (Wildman–Crippen LogP) is 1.74. The highest BCUT2D eigenvalue weighted by atomic mass is 35.5. The standard InChI is InChI=1S/C7H16ClNOSi/c1-11(2,6-8)5-3-4-7(9)10/h3-6H2,1-2H3,(H2,9,10). The van der Waals surface area contributed by atoms with Gasteiger partial charge in [0, 0.05) is 11.9 Å². The first-order valence-electron chi connectivity index (χ1n) is 3.82. The average Bonchev–Trinajstić information content (AvgIpc) is 1.87. The van der Waals surface area contributed by atoms with Crippen LogP contribution in [-0.2, 0) is 4.79 Å². The minimum atomic E-state index is -1.19. The first-order chi connectivity index (χ1) is 4.98. The number of amides is 1. The van der Waals surface area contributed by atoms with Gasteiger partial charge in [-0.1, -0.05) is 19.1 Å². The van der Waals surface area contributed by atoms with E-state index in [0.717, 1.165) is 18.0 Å². The van der Waals surface area contributed by atoms with Crippen molar-refractivity contribution >= 4 is 25.6 Å². The quantitative estimate of drug-likeness (QED) is 0.525. The summed E-state index contributed by atoms with van der Waals surface area (Å²) >= 11 is 5.75. The average molecular weight is 194 g/mol. The van der Waals surface area contributed by atoms with E-state index in [1.165, 1.54) is 0 Å². The Balaban J connectivity index is 3.45. The Kier molecular flexibility index (Phi) is 4.76. The summed E-state index contributed by atoms with van der Waals surface area (Å²) in [5.74, 6) is -0.204. The molecular formula is C7H16ClNOSi. The van der Waals surface area contributed by atoms with E-state index in [1.54, 1.807) is 0 Å². The van der Waals surface area contributed by atoms with E-state index < -0.39 is 8.07 Å². The van der Waals surface area contributed by atoms with Crippen LogP contribution in [0.3, 0.4) is 0 Å². The van der Waals surface area contributed by atoms with Crippen molar-refractivity contribution in [2.24, 2.45) is 5.73 Å². The van der Waals surface area contributed by atoms with E-state index in [1.807, 2.05) is 0 Å². The first-order valence-corrected chi connectivity index (χ1v) is 7.77. The Morgan fingerprint density at radius 3 is 2.45 bits per heavy atom. The zero-order chi connectivity index (χ0) is 8.91. The van der Waals surface area contributed by atoms with Gasteiger partial charge in [-0.3, -0.25) is 4.79 Å². The molecule has 0 aliphatic heterocycles. The molecule has 0 saturated carbocycles. The zero-order valence-electron chi connectivity index (χ0n) is 7.19. The van der Waals surface area contributed by atoms with Crippen LogP contribution in [0.4, 0.5) is 0 Å². The van der Waals surface area contributed by atoms with E-state index in [-0.39, 0.29) is 5.91 Å². The van der Waals surface area contributed by atoms with E-state index in [9.17, 15) is 4.79 Å². The highest BCUT2D eigenvalue weighted by Gasteiger charge is 2.18. The molecule has 2 N–H and O–H groups in total. The number of nitrogens with two attached hydrogens (primary N) is 1. The van der Waals surface area contributed by atoms with Crippen LogP contribution in [0.5, 0.6) is 0 Å². The molecule has 0 fully saturated rings. The number of alkyl halides is 1. The Labute approximate surface area is 74.1 Å². The molecule has 0 radical (unpaired) electrons. The maximum absolute atomic E-state index is 10.4. The van der Waals surface area contributed by atoms with Crippen molar-refractivity contribution in [2.45, 2.75) is 32.0 Å². The molecule has 0 aliphatic rings. The van der Waals surface area contributed by atoms with Gasteiger partial charge in [0.15, 0.2) is 0 Å². The number of hydrogen-bond acceptors (Lipinski definition) is 1. The third-order valence-corrected chi connectivity index (χ3v) is 6.24. The lowest BCUT2D eigenvalue weighted by atomic mass is 10.3. The Morgan fingerprint density at radius 1 is 1.55 bits per heavy atom. The van der Waals surface area contributed by atoms with Crippen LogP contribution >= 0.6 is 11.6 Å². The molecule has 2 nitrogen and oxygen atoms in total. The topological polar surface area (TPSA) is 43.1 Å². The maximum Gasteiger partial charge on any atom is 0.217 e. The molecule has 0 aromatic heterocycles. The second-order valence-corrected chi connectivity index (χ2v) is 9.52. The summed E-state index contributed by atoms with van der Waals surface area (Å²) in [5.41, 5.74) is 5.78. The molecule has 0 unspecified atom stereocenters. The van der Waals surface area contributed by atoms with Crippen molar-refractivity contribution in [3.8, 4) is 0 Å². The second-order valence-electron chi connectivity index (χ2n) is 3.62. The monoisotopic (exact) mass is 193 g/mol. The van der Waals surface area contributed by atoms with E-state index >= 15 is 0 Å². The highest BCUT2D eigenvalue weighted by molar-refractivity contribution is 6.83. The van der Waals surface area contributed by atoms with Crippen molar-refractivity contribution < 1.29 is 4.79 Å². The summed E-state index contributed by atoms with van der Waals surface area (Å²) in [4.78, 5) is 10.4. The largest absolute Gasteiger partial charge is 0.370 e. The van der Waals surface area contributed by atoms with Crippen molar-refractivity contribution in [3.05, 3.63) is 0 Å². The fourth-order valence-corrected chi connectivity index (χ4v) is 2.48. The summed E-state index contributed by atoms with van der Waals surface area (Å²) < 4.78 is 0. The van der Waals surface area contributed by atoms with Crippen LogP contribution < -0.4 is 5.73 Å². The second kappa shape index (κ2) is 4.77. The molecule has 1 amide bonds. The molecule has 0 spiro atoms. The van der Waals surface area contributed by atoms with E-state index in [4.69, 9.17) is 17.3 Å². The molecule has 0 saturated heterocycles. The van der Waals surface area contributed by atoms with Crippen LogP contribution in [0.2, 0.25) is 19.1 Å². The van der Waals surface area contributed by atoms with Crippen molar-refractivity contribution in [1.29, 1.82) is 0 Å². The first kappa shape index (κ1) is 11.0. The SMILES string of the molecule is C[Si](C)(CCl)CCCC(N)=O. The summed E-state index contributed by atoms with van der Waals surface area (Å²) in [7, 11) is -1.19. The number of carbonyl (C=O) groups excluding carboxylic acids is 1. The lowest BCUT2D eigenvalue weighted by molar-refractivity contribution is -0.118. The van der Waals surface area contributed by atoms with Gasteiger partial charge in [0.2, 0.25) is 5.91 Å². The van der Waals surface area contributed by atoms with Crippen LogP contribution in [-0.4, -0.2) is 19.5 Å². The third-order valence-electron chi connectivity index (χ3n) is 1.64. The lowest BCUT2D eigenvalue weighted by Crippen LogP contribution is -2.28. The molecule has 66 valence electrons. The molecule has 0 atom stereocenters. The van der Waals surface area contributed by atoms with Crippen LogP contribution in [0.1, 0.15) is 12.8 Å². The normalized spacial score (nSPS) is 11.5. The zero-order valence-corrected chi connectivity index (χ0v) is 8.95. The van der Waals surface area contributed by atoms with Gasteiger partial charge in [0.05, 0.1) is 8.07 Å². The number of rotatable bonds is 5. The summed E-state index contributed by atoms with van der Waals surface area (Å²) in [5, 5.41) is 0. The molecule has 0 aromatic carbocycles. The molecule has 4 heteroatoms. The number of carbonyl (C=O) groups is 1. The van der Waals surface area contributed by atoms with Gasteiger partial charge in [0.1, 0.15) is 0 Å². The molecule has 0 bridgehead atoms. The summed E-state index contributed by atoms with van der Waals surface area (Å²) in [6, 6.07) is 1.10. The van der Waals surface area contributed by atoms with E-state index in [2.05, 4.69) is 13.1 Å². The molecule has 0 aromatic rings. The van der Waals surface area contributed by atoms with Gasteiger partial charge in [0.25, 0.3) is 0 Å². The van der Waals surface area contributed by atoms with Gasteiger partial charge in [-0.15, -0.1) is 11.6 Å². The van der Waals surface area contributed by atoms with Gasteiger partial charge < -0.3 is 5.73 Å². The van der Waals surface area contributed by atoms with Gasteiger partial charge in [-0.25, -0.2) is 0 Å². The van der Waals surface area contributed by atoms with Gasteiger partial charge in [-0.05, 0) is 6.42 Å². The molecular weight excluding hydrogens is 178 g/mol. The third kappa shape index (κ3) is 6.38. The number of halogens is 1. The van der Waals surface area contributed by atoms with Gasteiger partial charge in [-0.2, -0.15) is 0 Å². The van der Waals surface area contributed by atoms with Crippen LogP contribution in [0, 0.1) is 0 Å². The minimum Gasteiger partial charge on any atom is -0.370 e. The maximum atomic E-state index is 10.4. The van der Waals surface area contributed by atoms with E-state index in [0.29, 0.717) is 6.42 Å². The van der Waals surface area contributed by atoms with Crippen molar-refractivity contribution in [1.82, 2.24) is 0 Å². The number of primary amides is 1. The summed E-state index contributed by atoms with van der Waals surface area (Å²) in [6.07, 6.45) is 1.41. The number of hydrogen-bond donors (Lipinski definition) is 1. The Morgan fingerprint density at radius 2 is 2.09 bits per heavy atom. The fourth-order valence-electron chi connectivity index (χ4n) is 0.808. The van der Waals surface area contributed by atoms with Crippen molar-refractivity contribution in [2.75, 3.05) is 5.50 Å². The molecule has 0 rings (SSSR count). The highest BCUT2D eigenvalue weighted by Crippen LogP contribution is 2.14. The smallest absolute Gasteiger partial charge is 0.217 e. The fraction of sp³-hybridized carbons (Fsp3) is 0.857. The van der Waals surface area contributed by atoms with Crippen molar-refractivity contribution in [3.63, 3.8) is 0 Å².